The second-order valence-electron chi connectivity index (χ2n) is 4.85. The van der Waals surface area contributed by atoms with E-state index in [1.165, 1.54) is 12.1 Å². The van der Waals surface area contributed by atoms with Gasteiger partial charge in [0.15, 0.2) is 0 Å². The van der Waals surface area contributed by atoms with Crippen molar-refractivity contribution < 1.29 is 31.5 Å². The third-order valence-electron chi connectivity index (χ3n) is 3.31. The Kier molecular flexibility index (Phi) is 5.26. The molecule has 6 nitrogen and oxygen atoms in total. The van der Waals surface area contributed by atoms with Crippen LogP contribution in [0.1, 0.15) is 21.6 Å². The Morgan fingerprint density at radius 1 is 1.29 bits per heavy atom. The van der Waals surface area contributed by atoms with Crippen LogP contribution in [0, 0.1) is 6.92 Å². The maximum Gasteiger partial charge on any atom is 0.337 e. The van der Waals surface area contributed by atoms with Gasteiger partial charge in [0.2, 0.25) is 0 Å². The third kappa shape index (κ3) is 3.41. The van der Waals surface area contributed by atoms with Crippen molar-refractivity contribution >= 4 is 28.9 Å². The first-order valence-electron chi connectivity index (χ1n) is 6.78. The van der Waals surface area contributed by atoms with Crippen molar-refractivity contribution in [2.75, 3.05) is 0 Å². The normalized spacial score (nSPS) is 10.7. The molecule has 0 saturated carbocycles. The summed E-state index contributed by atoms with van der Waals surface area (Å²) in [6, 6.07) is 9.55. The summed E-state index contributed by atoms with van der Waals surface area (Å²) >= 11 is 0. The molecule has 0 spiro atoms. The number of benzene rings is 1. The number of nitrogens with zero attached hydrogens (tertiary/aromatic N) is 3. The Bertz CT molecular complexity index is 927. The monoisotopic (exact) mass is 363 g/mol. The average Bonchev–Trinajstić information content (AvgIpc) is 2.54. The number of rotatable bonds is 3. The van der Waals surface area contributed by atoms with Gasteiger partial charge >= 0.3 is 5.97 Å². The van der Waals surface area contributed by atoms with Crippen molar-refractivity contribution in [3.05, 3.63) is 59.4 Å². The first-order valence-corrected chi connectivity index (χ1v) is 6.78. The van der Waals surface area contributed by atoms with Crippen molar-refractivity contribution in [2.45, 2.75) is 6.92 Å². The zero-order valence-electron chi connectivity index (χ0n) is 12.5. The van der Waals surface area contributed by atoms with Crippen LogP contribution in [0.5, 0.6) is 5.75 Å². The van der Waals surface area contributed by atoms with Gasteiger partial charge in [-0.2, -0.15) is 0 Å². The van der Waals surface area contributed by atoms with E-state index < -0.39 is 5.97 Å². The second kappa shape index (κ2) is 7.19. The second-order valence-corrected chi connectivity index (χ2v) is 4.85. The molecule has 0 amide bonds. The molecular formula is C17H11N3NiO3-2. The van der Waals surface area contributed by atoms with Crippen LogP contribution >= 0.6 is 0 Å². The largest absolute Gasteiger partial charge is 0.873 e. The topological polar surface area (TPSA) is 98.5 Å². The Hall–Kier alpha value is -2.79. The Morgan fingerprint density at radius 3 is 2.75 bits per heavy atom. The number of hydrogen-bond acceptors (Lipinski definition) is 5. The van der Waals surface area contributed by atoms with Gasteiger partial charge in [-0.1, -0.05) is 12.1 Å². The molecule has 2 aromatic heterocycles. The van der Waals surface area contributed by atoms with E-state index in [0.717, 1.165) is 0 Å². The molecule has 0 saturated heterocycles. The molecule has 24 heavy (non-hydrogen) atoms. The quantitative estimate of drug-likeness (QED) is 0.437. The third-order valence-corrected chi connectivity index (χ3v) is 3.31. The summed E-state index contributed by atoms with van der Waals surface area (Å²) in [5.74, 6) is -0.933. The average molecular weight is 364 g/mol. The minimum Gasteiger partial charge on any atom is -0.873 e. The van der Waals surface area contributed by atoms with E-state index in [2.05, 4.69) is 21.2 Å². The number of carbonyl (C=O) groups is 1. The number of fused-ring (bicyclic) bond motifs is 1. The van der Waals surface area contributed by atoms with Gasteiger partial charge in [0.1, 0.15) is 0 Å². The van der Waals surface area contributed by atoms with Crippen molar-refractivity contribution in [3.63, 3.8) is 0 Å². The Morgan fingerprint density at radius 2 is 2.08 bits per heavy atom. The van der Waals surface area contributed by atoms with E-state index in [9.17, 15) is 9.90 Å². The molecule has 1 N–H and O–H groups in total. The van der Waals surface area contributed by atoms with Crippen molar-refractivity contribution in [2.24, 2.45) is 4.99 Å². The van der Waals surface area contributed by atoms with Gasteiger partial charge in [0, 0.05) is 28.4 Å². The van der Waals surface area contributed by atoms with Crippen LogP contribution in [0.25, 0.3) is 10.9 Å². The van der Waals surface area contributed by atoms with Crippen molar-refractivity contribution in [1.29, 1.82) is 0 Å². The molecule has 0 aliphatic heterocycles. The van der Waals surface area contributed by atoms with Gasteiger partial charge in [-0.25, -0.2) is 4.79 Å². The molecule has 0 aliphatic rings. The molecule has 124 valence electrons. The first kappa shape index (κ1) is 17.6. The number of aliphatic imine (C=N–C) groups is 1. The molecule has 0 radical (unpaired) electrons. The van der Waals surface area contributed by atoms with Crippen molar-refractivity contribution in [3.8, 4) is 5.75 Å². The maximum atomic E-state index is 12.0. The molecule has 2 heterocycles. The molecule has 0 atom stereocenters. The molecule has 1 aromatic carbocycles. The Labute approximate surface area is 147 Å². The molecule has 7 heteroatoms. The fraction of sp³-hybridized carbons (Fsp3) is 0.0588. The number of aryl methyl sites for hydroxylation is 1. The molecule has 0 bridgehead atoms. The summed E-state index contributed by atoms with van der Waals surface area (Å²) in [7, 11) is 0. The van der Waals surface area contributed by atoms with Crippen LogP contribution in [0.15, 0.2) is 47.6 Å². The van der Waals surface area contributed by atoms with Gasteiger partial charge in [-0.3, -0.25) is 4.98 Å². The van der Waals surface area contributed by atoms with Gasteiger partial charge < -0.3 is 20.2 Å². The molecule has 0 unspecified atom stereocenters. The molecule has 0 fully saturated rings. The van der Waals surface area contributed by atoms with Crippen LogP contribution < -0.4 is 5.11 Å². The number of carboxylic acids is 1. The summed E-state index contributed by atoms with van der Waals surface area (Å²) < 4.78 is 0. The summed E-state index contributed by atoms with van der Waals surface area (Å²) in [5.41, 5.74) is 1.22. The van der Waals surface area contributed by atoms with Crippen LogP contribution in [-0.2, 0) is 16.5 Å². The van der Waals surface area contributed by atoms with E-state index in [0.29, 0.717) is 22.6 Å². The summed E-state index contributed by atoms with van der Waals surface area (Å²) in [6.07, 6.45) is 4.43. The van der Waals surface area contributed by atoms with Crippen LogP contribution in [0.4, 0.5) is 5.82 Å². The van der Waals surface area contributed by atoms with Crippen molar-refractivity contribution in [1.82, 2.24) is 9.97 Å². The van der Waals surface area contributed by atoms with Crippen LogP contribution in [-0.4, -0.2) is 27.3 Å². The van der Waals surface area contributed by atoms with E-state index >= 15 is 0 Å². The molecule has 3 rings (SSSR count). The van der Waals surface area contributed by atoms with Gasteiger partial charge in [-0.05, 0) is 36.2 Å². The fourth-order valence-corrected chi connectivity index (χ4v) is 2.17. The Balaban J connectivity index is 0.00000208. The van der Waals surface area contributed by atoms with Gasteiger partial charge in [0.05, 0.1) is 11.4 Å². The molecular weight excluding hydrogens is 353 g/mol. The number of aromatic carboxylic acids is 1. The molecule has 3 aromatic rings. The summed E-state index contributed by atoms with van der Waals surface area (Å²) in [5, 5.41) is 21.4. The minimum atomic E-state index is -1.12. The summed E-state index contributed by atoms with van der Waals surface area (Å²) in [6.45, 7) is 1.58. The fourth-order valence-electron chi connectivity index (χ4n) is 2.17. The maximum absolute atomic E-state index is 12.0. The van der Waals surface area contributed by atoms with E-state index in [1.807, 2.05) is 0 Å². The summed E-state index contributed by atoms with van der Waals surface area (Å²) in [4.78, 5) is 23.6. The van der Waals surface area contributed by atoms with E-state index in [-0.39, 0.29) is 33.2 Å². The number of hydrogen-bond donors (Lipinski definition) is 1. The zero-order valence-corrected chi connectivity index (χ0v) is 13.5. The molecule has 0 aliphatic carbocycles. The standard InChI is InChI=1S/C17H12N3O3.Ni/c1-10-12(17(22)23)8-13-14(21)6-5-11(16(13)20-10)9-19-15-4-2-3-7-18-15;/h2-8,21H,1H3,(H,22,23);/q-1;/p-1. The SMILES string of the molecule is Cc1nc2c([C-]=Nc3ccccn3)ccc([O-])c2cc1C(=O)O.[Ni]. The predicted octanol–water partition coefficient (Wildman–Crippen LogP) is 2.34. The van der Waals surface area contributed by atoms with Crippen LogP contribution in [0.2, 0.25) is 0 Å². The van der Waals surface area contributed by atoms with E-state index in [1.54, 1.807) is 37.4 Å². The predicted molar refractivity (Wildman–Crippen MR) is 83.3 cm³/mol. The van der Waals surface area contributed by atoms with Gasteiger partial charge in [0.25, 0.3) is 0 Å². The first-order chi connectivity index (χ1) is 11.1. The van der Waals surface area contributed by atoms with Crippen LogP contribution in [0.3, 0.4) is 0 Å². The zero-order chi connectivity index (χ0) is 16.4. The van der Waals surface area contributed by atoms with E-state index in [4.69, 9.17) is 5.11 Å². The number of pyridine rings is 2. The number of carboxylic acid groups (broad SMARTS) is 1. The smallest absolute Gasteiger partial charge is 0.337 e. The minimum absolute atomic E-state index is 0. The number of aromatic nitrogens is 2. The van der Waals surface area contributed by atoms with Gasteiger partial charge in [-0.15, -0.1) is 23.4 Å².